The Balaban J connectivity index is 1.74. The lowest BCUT2D eigenvalue weighted by atomic mass is 9.79. The van der Waals surface area contributed by atoms with Gasteiger partial charge in [0.2, 0.25) is 5.91 Å². The second kappa shape index (κ2) is 7.10. The lowest BCUT2D eigenvalue weighted by Crippen LogP contribution is -2.48. The molecule has 0 aromatic carbocycles. The maximum Gasteiger partial charge on any atom is 0.216 e. The van der Waals surface area contributed by atoms with Crippen LogP contribution in [0.1, 0.15) is 45.4 Å². The Morgan fingerprint density at radius 1 is 1.17 bits per heavy atom. The summed E-state index contributed by atoms with van der Waals surface area (Å²) in [4.78, 5) is 10.8. The second-order valence-corrected chi connectivity index (χ2v) is 5.69. The first-order valence-electron chi connectivity index (χ1n) is 7.48. The number of carbonyl (C=O) groups excluding carboxylic acids is 1. The number of hydrogen-bond donors (Lipinski definition) is 3. The minimum atomic E-state index is 0.0643. The second-order valence-electron chi connectivity index (χ2n) is 5.69. The highest BCUT2D eigenvalue weighted by atomic mass is 16.1. The normalized spacial score (nSPS) is 32.4. The average molecular weight is 253 g/mol. The molecule has 104 valence electrons. The molecule has 4 heteroatoms. The minimum absolute atomic E-state index is 0.0643. The molecule has 1 saturated carbocycles. The van der Waals surface area contributed by atoms with Crippen molar-refractivity contribution in [3.05, 3.63) is 0 Å². The third-order valence-corrected chi connectivity index (χ3v) is 4.34. The maximum absolute atomic E-state index is 10.8. The molecule has 3 N–H and O–H groups in total. The fourth-order valence-electron chi connectivity index (χ4n) is 3.47. The van der Waals surface area contributed by atoms with Crippen molar-refractivity contribution in [3.63, 3.8) is 0 Å². The summed E-state index contributed by atoms with van der Waals surface area (Å²) in [7, 11) is 0. The Morgan fingerprint density at radius 3 is 2.72 bits per heavy atom. The van der Waals surface area contributed by atoms with E-state index < -0.39 is 0 Å². The van der Waals surface area contributed by atoms with Crippen molar-refractivity contribution < 1.29 is 4.79 Å². The van der Waals surface area contributed by atoms with Crippen LogP contribution in [0.5, 0.6) is 0 Å². The van der Waals surface area contributed by atoms with Crippen LogP contribution in [0, 0.1) is 5.92 Å². The quantitative estimate of drug-likeness (QED) is 0.641. The van der Waals surface area contributed by atoms with E-state index in [-0.39, 0.29) is 5.91 Å². The van der Waals surface area contributed by atoms with Gasteiger partial charge in [-0.2, -0.15) is 0 Å². The maximum atomic E-state index is 10.8. The first kappa shape index (κ1) is 13.8. The van der Waals surface area contributed by atoms with Crippen molar-refractivity contribution in [2.45, 2.75) is 57.5 Å². The number of nitrogens with one attached hydrogen (secondary N) is 3. The van der Waals surface area contributed by atoms with Crippen molar-refractivity contribution in [1.82, 2.24) is 16.0 Å². The van der Waals surface area contributed by atoms with Crippen molar-refractivity contribution >= 4 is 5.91 Å². The van der Waals surface area contributed by atoms with Crippen molar-refractivity contribution in [2.75, 3.05) is 19.6 Å². The van der Waals surface area contributed by atoms with Crippen LogP contribution >= 0.6 is 0 Å². The molecule has 0 aromatic rings. The van der Waals surface area contributed by atoms with Gasteiger partial charge in [0.15, 0.2) is 0 Å². The molecule has 3 atom stereocenters. The van der Waals surface area contributed by atoms with Gasteiger partial charge in [-0.1, -0.05) is 12.8 Å². The molecule has 0 spiro atoms. The fourth-order valence-corrected chi connectivity index (χ4v) is 3.47. The van der Waals surface area contributed by atoms with Crippen LogP contribution in [-0.4, -0.2) is 37.6 Å². The smallest absolute Gasteiger partial charge is 0.216 e. The van der Waals surface area contributed by atoms with Crippen LogP contribution in [0.4, 0.5) is 0 Å². The fraction of sp³-hybridized carbons (Fsp3) is 0.929. The SMILES string of the molecule is CC(=O)NCCNC1CCCCC1C1CCCN1. The Hall–Kier alpha value is -0.610. The zero-order valence-corrected chi connectivity index (χ0v) is 11.5. The number of carbonyl (C=O) groups is 1. The van der Waals surface area contributed by atoms with E-state index >= 15 is 0 Å². The molecular formula is C14H27N3O. The van der Waals surface area contributed by atoms with Gasteiger partial charge in [0, 0.05) is 32.1 Å². The van der Waals surface area contributed by atoms with Crippen LogP contribution in [0.2, 0.25) is 0 Å². The molecule has 0 bridgehead atoms. The largest absolute Gasteiger partial charge is 0.355 e. The summed E-state index contributed by atoms with van der Waals surface area (Å²) in [6.07, 6.45) is 8.06. The van der Waals surface area contributed by atoms with Gasteiger partial charge in [0.25, 0.3) is 0 Å². The van der Waals surface area contributed by atoms with E-state index in [4.69, 9.17) is 0 Å². The Labute approximate surface area is 110 Å². The summed E-state index contributed by atoms with van der Waals surface area (Å²) in [5, 5.41) is 10.2. The van der Waals surface area contributed by atoms with Gasteiger partial charge in [0.05, 0.1) is 0 Å². The van der Waals surface area contributed by atoms with Gasteiger partial charge in [-0.25, -0.2) is 0 Å². The van der Waals surface area contributed by atoms with E-state index in [0.29, 0.717) is 6.04 Å². The molecule has 1 aliphatic carbocycles. The van der Waals surface area contributed by atoms with E-state index in [1.807, 2.05) is 0 Å². The van der Waals surface area contributed by atoms with Gasteiger partial charge in [-0.05, 0) is 38.1 Å². The van der Waals surface area contributed by atoms with Crippen molar-refractivity contribution in [3.8, 4) is 0 Å². The number of rotatable bonds is 5. The third kappa shape index (κ3) is 3.95. The van der Waals surface area contributed by atoms with Gasteiger partial charge in [0.1, 0.15) is 0 Å². The van der Waals surface area contributed by atoms with Crippen molar-refractivity contribution in [2.24, 2.45) is 5.92 Å². The zero-order valence-electron chi connectivity index (χ0n) is 11.5. The molecule has 0 aromatic heterocycles. The van der Waals surface area contributed by atoms with Crippen LogP contribution in [0.15, 0.2) is 0 Å². The highest BCUT2D eigenvalue weighted by molar-refractivity contribution is 5.72. The Bertz CT molecular complexity index is 264. The molecule has 2 aliphatic rings. The monoisotopic (exact) mass is 253 g/mol. The summed E-state index contributed by atoms with van der Waals surface area (Å²) in [5.74, 6) is 0.855. The summed E-state index contributed by atoms with van der Waals surface area (Å²) in [6, 6.07) is 1.37. The molecule has 2 fully saturated rings. The molecule has 4 nitrogen and oxygen atoms in total. The highest BCUT2D eigenvalue weighted by Gasteiger charge is 2.32. The summed E-state index contributed by atoms with van der Waals surface area (Å²) in [6.45, 7) is 4.41. The van der Waals surface area contributed by atoms with E-state index in [2.05, 4.69) is 16.0 Å². The topological polar surface area (TPSA) is 53.2 Å². The van der Waals surface area contributed by atoms with Gasteiger partial charge >= 0.3 is 0 Å². The standard InChI is InChI=1S/C14H27N3O/c1-11(18)15-9-10-17-13-6-3-2-5-12(13)14-7-4-8-16-14/h12-14,16-17H,2-10H2,1H3,(H,15,18). The lowest BCUT2D eigenvalue weighted by molar-refractivity contribution is -0.118. The van der Waals surface area contributed by atoms with Gasteiger partial charge in [-0.15, -0.1) is 0 Å². The molecule has 3 unspecified atom stereocenters. The molecule has 1 aliphatic heterocycles. The number of amides is 1. The zero-order chi connectivity index (χ0) is 12.8. The molecule has 0 radical (unpaired) electrons. The third-order valence-electron chi connectivity index (χ3n) is 4.34. The predicted molar refractivity (Wildman–Crippen MR) is 73.5 cm³/mol. The molecule has 1 heterocycles. The van der Waals surface area contributed by atoms with Crippen LogP contribution in [-0.2, 0) is 4.79 Å². The van der Waals surface area contributed by atoms with Crippen LogP contribution in [0.25, 0.3) is 0 Å². The van der Waals surface area contributed by atoms with Crippen molar-refractivity contribution in [1.29, 1.82) is 0 Å². The summed E-state index contributed by atoms with van der Waals surface area (Å²) < 4.78 is 0. The Morgan fingerprint density at radius 2 is 2.00 bits per heavy atom. The van der Waals surface area contributed by atoms with E-state index in [1.54, 1.807) is 6.92 Å². The minimum Gasteiger partial charge on any atom is -0.355 e. The summed E-state index contributed by atoms with van der Waals surface area (Å²) in [5.41, 5.74) is 0. The molecule has 1 saturated heterocycles. The van der Waals surface area contributed by atoms with E-state index in [1.165, 1.54) is 45.1 Å². The Kier molecular flexibility index (Phi) is 5.45. The first-order valence-corrected chi connectivity index (χ1v) is 7.48. The average Bonchev–Trinajstić information content (AvgIpc) is 2.88. The van der Waals surface area contributed by atoms with Crippen LogP contribution in [0.3, 0.4) is 0 Å². The van der Waals surface area contributed by atoms with E-state index in [0.717, 1.165) is 25.0 Å². The highest BCUT2D eigenvalue weighted by Crippen LogP contribution is 2.30. The molecule has 1 amide bonds. The van der Waals surface area contributed by atoms with E-state index in [9.17, 15) is 4.79 Å². The lowest BCUT2D eigenvalue weighted by Gasteiger charge is -2.36. The number of hydrogen-bond acceptors (Lipinski definition) is 3. The molecular weight excluding hydrogens is 226 g/mol. The summed E-state index contributed by atoms with van der Waals surface area (Å²) >= 11 is 0. The molecule has 18 heavy (non-hydrogen) atoms. The predicted octanol–water partition coefficient (Wildman–Crippen LogP) is 1.02. The van der Waals surface area contributed by atoms with Gasteiger partial charge < -0.3 is 16.0 Å². The first-order chi connectivity index (χ1) is 8.77. The molecule has 2 rings (SSSR count). The van der Waals surface area contributed by atoms with Crippen LogP contribution < -0.4 is 16.0 Å². The van der Waals surface area contributed by atoms with Gasteiger partial charge in [-0.3, -0.25) is 4.79 Å².